The Bertz CT molecular complexity index is 730. The van der Waals surface area contributed by atoms with E-state index in [9.17, 15) is 9.59 Å². The lowest BCUT2D eigenvalue weighted by atomic mass is 10.1. The highest BCUT2D eigenvalue weighted by Gasteiger charge is 2.17. The Balaban J connectivity index is 2.24. The first kappa shape index (κ1) is 15.8. The van der Waals surface area contributed by atoms with Crippen LogP contribution < -0.4 is 10.3 Å². The average molecular weight is 300 g/mol. The van der Waals surface area contributed by atoms with E-state index in [2.05, 4.69) is 23.2 Å². The van der Waals surface area contributed by atoms with Crippen LogP contribution in [0.25, 0.3) is 0 Å². The highest BCUT2D eigenvalue weighted by molar-refractivity contribution is 5.96. The van der Waals surface area contributed by atoms with Gasteiger partial charge in [-0.3, -0.25) is 9.59 Å². The van der Waals surface area contributed by atoms with Gasteiger partial charge in [0.25, 0.3) is 11.5 Å². The summed E-state index contributed by atoms with van der Waals surface area (Å²) in [6, 6.07) is 7.48. The molecule has 116 valence electrons. The van der Waals surface area contributed by atoms with Gasteiger partial charge < -0.3 is 14.6 Å². The minimum Gasteiger partial charge on any atom is -0.496 e. The zero-order chi connectivity index (χ0) is 16.3. The molecular formula is C17H20N2O3. The van der Waals surface area contributed by atoms with Crippen molar-refractivity contribution >= 4 is 5.91 Å². The van der Waals surface area contributed by atoms with Gasteiger partial charge in [-0.1, -0.05) is 29.3 Å². The van der Waals surface area contributed by atoms with Crippen molar-refractivity contribution in [1.29, 1.82) is 0 Å². The molecule has 1 heterocycles. The van der Waals surface area contributed by atoms with Crippen LogP contribution in [0.2, 0.25) is 0 Å². The Labute approximate surface area is 129 Å². The van der Waals surface area contributed by atoms with Crippen LogP contribution in [-0.4, -0.2) is 29.9 Å². The Morgan fingerprint density at radius 2 is 1.82 bits per heavy atom. The van der Waals surface area contributed by atoms with Gasteiger partial charge in [0, 0.05) is 25.9 Å². The standard InChI is InChI=1S/C17H20N2O3/c1-11-5-12(2)7-13(6-11)10-19(3)17(21)14-9-18-16(20)8-15(14)22-4/h5-9H,10H2,1-4H3,(H,18,20). The lowest BCUT2D eigenvalue weighted by Crippen LogP contribution is -2.27. The van der Waals surface area contributed by atoms with E-state index in [1.165, 1.54) is 19.4 Å². The Hall–Kier alpha value is -2.56. The van der Waals surface area contributed by atoms with E-state index in [0.717, 1.165) is 16.7 Å². The van der Waals surface area contributed by atoms with E-state index in [1.54, 1.807) is 11.9 Å². The number of aryl methyl sites for hydroxylation is 2. The van der Waals surface area contributed by atoms with Crippen molar-refractivity contribution in [3.63, 3.8) is 0 Å². The SMILES string of the molecule is COc1cc(=O)[nH]cc1C(=O)N(C)Cc1cc(C)cc(C)c1. The van der Waals surface area contributed by atoms with Crippen molar-refractivity contribution in [1.82, 2.24) is 9.88 Å². The van der Waals surface area contributed by atoms with Crippen LogP contribution in [-0.2, 0) is 6.54 Å². The van der Waals surface area contributed by atoms with Gasteiger partial charge in [-0.2, -0.15) is 0 Å². The highest BCUT2D eigenvalue weighted by Crippen LogP contribution is 2.18. The van der Waals surface area contributed by atoms with Crippen LogP contribution in [0.15, 0.2) is 35.3 Å². The number of amides is 1. The molecule has 2 aromatic rings. The van der Waals surface area contributed by atoms with Crippen molar-refractivity contribution in [2.24, 2.45) is 0 Å². The molecule has 0 spiro atoms. The monoisotopic (exact) mass is 300 g/mol. The average Bonchev–Trinajstić information content (AvgIpc) is 2.45. The van der Waals surface area contributed by atoms with Gasteiger partial charge in [-0.25, -0.2) is 0 Å². The molecule has 1 N–H and O–H groups in total. The molecule has 2 rings (SSSR count). The zero-order valence-corrected chi connectivity index (χ0v) is 13.3. The maximum Gasteiger partial charge on any atom is 0.259 e. The molecule has 0 aliphatic rings. The van der Waals surface area contributed by atoms with Gasteiger partial charge in [-0.15, -0.1) is 0 Å². The van der Waals surface area contributed by atoms with E-state index < -0.39 is 0 Å². The molecule has 1 aromatic heterocycles. The number of hydrogen-bond acceptors (Lipinski definition) is 3. The lowest BCUT2D eigenvalue weighted by Gasteiger charge is -2.19. The molecule has 0 bridgehead atoms. The summed E-state index contributed by atoms with van der Waals surface area (Å²) in [6.07, 6.45) is 1.39. The van der Waals surface area contributed by atoms with Crippen LogP contribution in [0.1, 0.15) is 27.0 Å². The quantitative estimate of drug-likeness (QED) is 0.942. The first-order chi connectivity index (χ1) is 10.4. The van der Waals surface area contributed by atoms with Crippen LogP contribution in [0, 0.1) is 13.8 Å². The molecule has 1 amide bonds. The van der Waals surface area contributed by atoms with Gasteiger partial charge in [-0.05, 0) is 19.4 Å². The number of rotatable bonds is 4. The minimum absolute atomic E-state index is 0.202. The number of carbonyl (C=O) groups is 1. The van der Waals surface area contributed by atoms with Gasteiger partial charge >= 0.3 is 0 Å². The lowest BCUT2D eigenvalue weighted by molar-refractivity contribution is 0.0781. The summed E-state index contributed by atoms with van der Waals surface area (Å²) in [4.78, 5) is 27.9. The summed E-state index contributed by atoms with van der Waals surface area (Å²) >= 11 is 0. The van der Waals surface area contributed by atoms with Crippen molar-refractivity contribution in [3.8, 4) is 5.75 Å². The van der Waals surface area contributed by atoms with E-state index in [4.69, 9.17) is 4.74 Å². The summed E-state index contributed by atoms with van der Waals surface area (Å²) in [7, 11) is 3.17. The molecule has 5 nitrogen and oxygen atoms in total. The second kappa shape index (κ2) is 6.47. The summed E-state index contributed by atoms with van der Waals surface area (Å²) in [5, 5.41) is 0. The van der Waals surface area contributed by atoms with Gasteiger partial charge in [0.05, 0.1) is 12.7 Å². The first-order valence-corrected chi connectivity index (χ1v) is 7.00. The Morgan fingerprint density at radius 1 is 1.18 bits per heavy atom. The fourth-order valence-corrected chi connectivity index (χ4v) is 2.50. The smallest absolute Gasteiger partial charge is 0.259 e. The third-order valence-corrected chi connectivity index (χ3v) is 3.38. The maximum atomic E-state index is 12.5. The van der Waals surface area contributed by atoms with Gasteiger partial charge in [0.2, 0.25) is 0 Å². The van der Waals surface area contributed by atoms with Crippen molar-refractivity contribution in [2.75, 3.05) is 14.2 Å². The third kappa shape index (κ3) is 3.55. The number of aromatic nitrogens is 1. The van der Waals surface area contributed by atoms with Gasteiger partial charge in [0.1, 0.15) is 5.75 Å². The number of nitrogens with one attached hydrogen (secondary N) is 1. The number of nitrogens with zero attached hydrogens (tertiary/aromatic N) is 1. The molecule has 0 fully saturated rings. The molecule has 0 unspecified atom stereocenters. The topological polar surface area (TPSA) is 62.4 Å². The zero-order valence-electron chi connectivity index (χ0n) is 13.3. The summed E-state index contributed by atoms with van der Waals surface area (Å²) in [5.74, 6) is 0.0771. The predicted octanol–water partition coefficient (Wildman–Crippen LogP) is 2.27. The Morgan fingerprint density at radius 3 is 2.41 bits per heavy atom. The fourth-order valence-electron chi connectivity index (χ4n) is 2.50. The number of ether oxygens (including phenoxy) is 1. The third-order valence-electron chi connectivity index (χ3n) is 3.38. The normalized spacial score (nSPS) is 10.4. The fraction of sp³-hybridized carbons (Fsp3) is 0.294. The molecule has 5 heteroatoms. The summed E-state index contributed by atoms with van der Waals surface area (Å²) < 4.78 is 5.12. The van der Waals surface area contributed by atoms with Crippen LogP contribution in [0.3, 0.4) is 0 Å². The van der Waals surface area contributed by atoms with E-state index in [-0.39, 0.29) is 17.2 Å². The van der Waals surface area contributed by atoms with Crippen LogP contribution in [0.5, 0.6) is 5.75 Å². The first-order valence-electron chi connectivity index (χ1n) is 7.00. The molecule has 0 saturated heterocycles. The van der Waals surface area contributed by atoms with Crippen LogP contribution >= 0.6 is 0 Å². The van der Waals surface area contributed by atoms with Crippen molar-refractivity contribution in [2.45, 2.75) is 20.4 Å². The largest absolute Gasteiger partial charge is 0.496 e. The molecule has 0 saturated carbocycles. The number of H-pyrrole nitrogens is 1. The number of benzene rings is 1. The number of aromatic amines is 1. The summed E-state index contributed by atoms with van der Waals surface area (Å²) in [5.41, 5.74) is 3.44. The molecule has 0 aliphatic heterocycles. The molecule has 0 atom stereocenters. The Kier molecular flexibility index (Phi) is 4.65. The number of pyridine rings is 1. The number of hydrogen-bond donors (Lipinski definition) is 1. The van der Waals surface area contributed by atoms with Crippen molar-refractivity contribution < 1.29 is 9.53 Å². The molecule has 22 heavy (non-hydrogen) atoms. The van der Waals surface area contributed by atoms with E-state index in [0.29, 0.717) is 12.1 Å². The van der Waals surface area contributed by atoms with Crippen molar-refractivity contribution in [3.05, 3.63) is 63.1 Å². The second-order valence-electron chi connectivity index (χ2n) is 5.44. The molecule has 0 aliphatic carbocycles. The maximum absolute atomic E-state index is 12.5. The molecule has 1 aromatic carbocycles. The van der Waals surface area contributed by atoms with Crippen LogP contribution in [0.4, 0.5) is 0 Å². The van der Waals surface area contributed by atoms with E-state index >= 15 is 0 Å². The summed E-state index contributed by atoms with van der Waals surface area (Å²) in [6.45, 7) is 4.55. The molecule has 0 radical (unpaired) electrons. The molecular weight excluding hydrogens is 280 g/mol. The second-order valence-corrected chi connectivity index (χ2v) is 5.44. The number of methoxy groups -OCH3 is 1. The van der Waals surface area contributed by atoms with Gasteiger partial charge in [0.15, 0.2) is 0 Å². The van der Waals surface area contributed by atoms with E-state index in [1.807, 2.05) is 13.8 Å². The number of carbonyl (C=O) groups excluding carboxylic acids is 1. The predicted molar refractivity (Wildman–Crippen MR) is 85.3 cm³/mol. The highest BCUT2D eigenvalue weighted by atomic mass is 16.5. The minimum atomic E-state index is -0.301.